The summed E-state index contributed by atoms with van der Waals surface area (Å²) in [7, 11) is 1.84. The van der Waals surface area contributed by atoms with Crippen LogP contribution >= 0.6 is 23.4 Å². The molecule has 88 valence electrons. The lowest BCUT2D eigenvalue weighted by Gasteiger charge is -2.15. The van der Waals surface area contributed by atoms with Crippen molar-refractivity contribution >= 4 is 29.3 Å². The number of halogens is 1. The van der Waals surface area contributed by atoms with Gasteiger partial charge in [0.1, 0.15) is 0 Å². The molecular formula is C12H16ClNOS. The van der Waals surface area contributed by atoms with E-state index in [4.69, 9.17) is 11.6 Å². The van der Waals surface area contributed by atoms with Crippen molar-refractivity contribution in [2.75, 3.05) is 19.3 Å². The lowest BCUT2D eigenvalue weighted by atomic mass is 10.4. The van der Waals surface area contributed by atoms with Crippen molar-refractivity contribution in [1.82, 2.24) is 4.90 Å². The summed E-state index contributed by atoms with van der Waals surface area (Å²) in [6.45, 7) is 2.89. The second kappa shape index (κ2) is 6.81. The number of benzene rings is 1. The van der Waals surface area contributed by atoms with Gasteiger partial charge < -0.3 is 4.90 Å². The van der Waals surface area contributed by atoms with Crippen LogP contribution in [0.25, 0.3) is 0 Å². The minimum Gasteiger partial charge on any atom is -0.345 e. The number of carbonyl (C=O) groups excluding carboxylic acids is 1. The van der Waals surface area contributed by atoms with Crippen LogP contribution in [0.1, 0.15) is 13.3 Å². The zero-order valence-corrected chi connectivity index (χ0v) is 11.1. The van der Waals surface area contributed by atoms with Crippen LogP contribution in [0, 0.1) is 0 Å². The normalized spacial score (nSPS) is 10.2. The van der Waals surface area contributed by atoms with E-state index in [1.54, 1.807) is 16.7 Å². The summed E-state index contributed by atoms with van der Waals surface area (Å²) >= 11 is 7.32. The van der Waals surface area contributed by atoms with E-state index in [2.05, 4.69) is 6.92 Å². The minimum absolute atomic E-state index is 0.168. The van der Waals surface area contributed by atoms with Gasteiger partial charge in [-0.15, -0.1) is 11.8 Å². The van der Waals surface area contributed by atoms with Crippen LogP contribution in [0.2, 0.25) is 5.02 Å². The van der Waals surface area contributed by atoms with E-state index in [0.717, 1.165) is 22.9 Å². The molecule has 0 fully saturated rings. The highest BCUT2D eigenvalue weighted by Gasteiger charge is 2.07. The van der Waals surface area contributed by atoms with Crippen LogP contribution in [0.4, 0.5) is 0 Å². The van der Waals surface area contributed by atoms with E-state index < -0.39 is 0 Å². The molecule has 16 heavy (non-hydrogen) atoms. The number of amides is 1. The molecule has 0 bridgehead atoms. The summed E-state index contributed by atoms with van der Waals surface area (Å²) < 4.78 is 0. The monoisotopic (exact) mass is 257 g/mol. The van der Waals surface area contributed by atoms with Gasteiger partial charge in [0.25, 0.3) is 0 Å². The van der Waals surface area contributed by atoms with E-state index in [1.807, 2.05) is 31.3 Å². The van der Waals surface area contributed by atoms with Gasteiger partial charge in [0.15, 0.2) is 0 Å². The molecule has 1 aromatic rings. The maximum absolute atomic E-state index is 11.7. The van der Waals surface area contributed by atoms with Crippen LogP contribution in [-0.2, 0) is 4.79 Å². The molecule has 1 amide bonds. The molecule has 0 saturated heterocycles. The van der Waals surface area contributed by atoms with Crippen LogP contribution in [-0.4, -0.2) is 30.2 Å². The molecule has 1 rings (SSSR count). The maximum atomic E-state index is 11.7. The largest absolute Gasteiger partial charge is 0.345 e. The Morgan fingerprint density at radius 1 is 1.38 bits per heavy atom. The fourth-order valence-corrected chi connectivity index (χ4v) is 2.21. The Hall–Kier alpha value is -0.670. The summed E-state index contributed by atoms with van der Waals surface area (Å²) in [5.41, 5.74) is 0. The number of hydrogen-bond donors (Lipinski definition) is 0. The minimum atomic E-state index is 0.168. The van der Waals surface area contributed by atoms with E-state index in [1.165, 1.54) is 0 Å². The zero-order chi connectivity index (χ0) is 12.0. The number of nitrogens with zero attached hydrogens (tertiary/aromatic N) is 1. The zero-order valence-electron chi connectivity index (χ0n) is 9.57. The van der Waals surface area contributed by atoms with Gasteiger partial charge in [0.2, 0.25) is 5.91 Å². The van der Waals surface area contributed by atoms with Gasteiger partial charge in [-0.3, -0.25) is 4.79 Å². The number of carbonyl (C=O) groups is 1. The summed E-state index contributed by atoms with van der Waals surface area (Å²) in [4.78, 5) is 14.5. The summed E-state index contributed by atoms with van der Waals surface area (Å²) in [5, 5.41) is 0.721. The lowest BCUT2D eigenvalue weighted by molar-refractivity contribution is -0.127. The lowest BCUT2D eigenvalue weighted by Crippen LogP contribution is -2.28. The predicted octanol–water partition coefficient (Wildman–Crippen LogP) is 3.30. The molecule has 0 aliphatic heterocycles. The molecule has 2 nitrogen and oxygen atoms in total. The van der Waals surface area contributed by atoms with Crippen LogP contribution in [0.15, 0.2) is 29.2 Å². The Kier molecular flexibility index (Phi) is 5.71. The van der Waals surface area contributed by atoms with Gasteiger partial charge in [0, 0.05) is 23.5 Å². The third-order valence-corrected chi connectivity index (χ3v) is 3.41. The molecule has 0 saturated carbocycles. The molecule has 0 aliphatic carbocycles. The highest BCUT2D eigenvalue weighted by Crippen LogP contribution is 2.20. The van der Waals surface area contributed by atoms with Crippen molar-refractivity contribution in [1.29, 1.82) is 0 Å². The average molecular weight is 258 g/mol. The Morgan fingerprint density at radius 3 is 2.56 bits per heavy atom. The first-order valence-corrected chi connectivity index (χ1v) is 6.62. The molecule has 0 unspecified atom stereocenters. The number of thioether (sulfide) groups is 1. The number of hydrogen-bond acceptors (Lipinski definition) is 2. The predicted molar refractivity (Wildman–Crippen MR) is 70.1 cm³/mol. The maximum Gasteiger partial charge on any atom is 0.232 e. The fraction of sp³-hybridized carbons (Fsp3) is 0.417. The second-order valence-corrected chi connectivity index (χ2v) is 5.04. The molecule has 0 spiro atoms. The highest BCUT2D eigenvalue weighted by molar-refractivity contribution is 8.00. The molecule has 0 N–H and O–H groups in total. The first kappa shape index (κ1) is 13.4. The number of rotatable bonds is 5. The quantitative estimate of drug-likeness (QED) is 0.755. The molecular weight excluding hydrogens is 242 g/mol. The van der Waals surface area contributed by atoms with Crippen molar-refractivity contribution in [2.45, 2.75) is 18.2 Å². The third-order valence-electron chi connectivity index (χ3n) is 2.16. The molecule has 0 aliphatic rings. The van der Waals surface area contributed by atoms with Crippen LogP contribution in [0.5, 0.6) is 0 Å². The molecule has 4 heteroatoms. The topological polar surface area (TPSA) is 20.3 Å². The fourth-order valence-electron chi connectivity index (χ4n) is 1.25. The summed E-state index contributed by atoms with van der Waals surface area (Å²) in [5.74, 6) is 0.653. The SMILES string of the molecule is CCCN(C)C(=O)CSc1ccc(Cl)cc1. The summed E-state index contributed by atoms with van der Waals surface area (Å²) in [6, 6.07) is 7.54. The van der Waals surface area contributed by atoms with Gasteiger partial charge in [-0.05, 0) is 30.7 Å². The Morgan fingerprint density at radius 2 is 2.00 bits per heavy atom. The van der Waals surface area contributed by atoms with Crippen LogP contribution < -0.4 is 0 Å². The van der Waals surface area contributed by atoms with Crippen molar-refractivity contribution in [3.05, 3.63) is 29.3 Å². The highest BCUT2D eigenvalue weighted by atomic mass is 35.5. The molecule has 1 aromatic carbocycles. The molecule has 0 atom stereocenters. The van der Waals surface area contributed by atoms with Gasteiger partial charge in [-0.2, -0.15) is 0 Å². The van der Waals surface area contributed by atoms with Gasteiger partial charge in [0.05, 0.1) is 5.75 Å². The van der Waals surface area contributed by atoms with E-state index in [9.17, 15) is 4.79 Å². The second-order valence-electron chi connectivity index (χ2n) is 3.56. The van der Waals surface area contributed by atoms with Crippen molar-refractivity contribution in [3.8, 4) is 0 Å². The standard InChI is InChI=1S/C12H16ClNOS/c1-3-8-14(2)12(15)9-16-11-6-4-10(13)5-7-11/h4-7H,3,8-9H2,1-2H3. The van der Waals surface area contributed by atoms with Crippen LogP contribution in [0.3, 0.4) is 0 Å². The van der Waals surface area contributed by atoms with Crippen molar-refractivity contribution in [3.63, 3.8) is 0 Å². The van der Waals surface area contributed by atoms with Crippen molar-refractivity contribution in [2.24, 2.45) is 0 Å². The van der Waals surface area contributed by atoms with E-state index >= 15 is 0 Å². The average Bonchev–Trinajstić information content (AvgIpc) is 2.28. The smallest absolute Gasteiger partial charge is 0.232 e. The Bertz CT molecular complexity index is 339. The third kappa shape index (κ3) is 4.45. The molecule has 0 heterocycles. The first-order chi connectivity index (χ1) is 7.63. The Balaban J connectivity index is 2.39. The summed E-state index contributed by atoms with van der Waals surface area (Å²) in [6.07, 6.45) is 0.994. The van der Waals surface area contributed by atoms with E-state index in [-0.39, 0.29) is 5.91 Å². The molecule has 0 aromatic heterocycles. The first-order valence-electron chi connectivity index (χ1n) is 5.25. The van der Waals surface area contributed by atoms with Crippen molar-refractivity contribution < 1.29 is 4.79 Å². The van der Waals surface area contributed by atoms with Gasteiger partial charge in [-0.25, -0.2) is 0 Å². The van der Waals surface area contributed by atoms with Gasteiger partial charge >= 0.3 is 0 Å². The Labute approximate surface area is 106 Å². The van der Waals surface area contributed by atoms with E-state index in [0.29, 0.717) is 5.75 Å². The molecule has 0 radical (unpaired) electrons. The van der Waals surface area contributed by atoms with Gasteiger partial charge in [-0.1, -0.05) is 18.5 Å².